The van der Waals surface area contributed by atoms with E-state index in [0.29, 0.717) is 18.2 Å². The van der Waals surface area contributed by atoms with E-state index in [4.69, 9.17) is 0 Å². The van der Waals surface area contributed by atoms with Crippen LogP contribution < -0.4 is 0 Å². The number of hydrogen-bond donors (Lipinski definition) is 0. The second-order valence-electron chi connectivity index (χ2n) is 3.70. The van der Waals surface area contributed by atoms with Crippen molar-refractivity contribution in [1.82, 2.24) is 9.80 Å². The molecule has 16 heavy (non-hydrogen) atoms. The van der Waals surface area contributed by atoms with Gasteiger partial charge < -0.3 is 9.80 Å². The lowest BCUT2D eigenvalue weighted by Gasteiger charge is -2.22. The van der Waals surface area contributed by atoms with E-state index < -0.39 is 0 Å². The molecule has 0 saturated heterocycles. The fraction of sp³-hybridized carbons (Fsp3) is 0.700. The van der Waals surface area contributed by atoms with Crippen LogP contribution >= 0.6 is 52.7 Å². The molecule has 0 saturated carbocycles. The summed E-state index contributed by atoms with van der Waals surface area (Å²) in [6.45, 7) is 5.24. The van der Waals surface area contributed by atoms with Gasteiger partial charge >= 0.3 is 0 Å². The van der Waals surface area contributed by atoms with Gasteiger partial charge in [-0.25, -0.2) is 0 Å². The Hall–Kier alpha value is 0.980. The van der Waals surface area contributed by atoms with E-state index in [9.17, 15) is 4.79 Å². The highest BCUT2D eigenvalue weighted by Crippen LogP contribution is 2.23. The third-order valence-electron chi connectivity index (χ3n) is 1.94. The third-order valence-corrected chi connectivity index (χ3v) is 5.49. The monoisotopic (exact) mass is 468 g/mol. The Morgan fingerprint density at radius 1 is 1.56 bits per heavy atom. The van der Waals surface area contributed by atoms with Crippen LogP contribution in [0.15, 0.2) is 12.7 Å². The zero-order chi connectivity index (χ0) is 12.6. The first-order valence-corrected chi connectivity index (χ1v) is 9.86. The lowest BCUT2D eigenvalue weighted by molar-refractivity contribution is -0.129. The molecule has 0 fully saturated rings. The van der Waals surface area contributed by atoms with Crippen LogP contribution in [0, 0.1) is 0 Å². The highest BCUT2D eigenvalue weighted by atomic mass is 127. The summed E-state index contributed by atoms with van der Waals surface area (Å²) >= 11 is 4.48. The highest BCUT2D eigenvalue weighted by molar-refractivity contribution is 14.2. The van der Waals surface area contributed by atoms with Gasteiger partial charge in [0.15, 0.2) is 0 Å². The largest absolute Gasteiger partial charge is 0.330 e. The van der Waals surface area contributed by atoms with E-state index in [0.717, 1.165) is 11.1 Å². The van der Waals surface area contributed by atoms with Gasteiger partial charge in [0.1, 0.15) is 0 Å². The maximum atomic E-state index is 12.0. The predicted octanol–water partition coefficient (Wildman–Crippen LogP) is 2.80. The molecule has 1 atom stereocenters. The molecule has 3 nitrogen and oxygen atoms in total. The molecule has 0 aromatic heterocycles. The average molecular weight is 468 g/mol. The van der Waals surface area contributed by atoms with E-state index in [1.807, 2.05) is 19.0 Å². The van der Waals surface area contributed by atoms with Gasteiger partial charge in [-0.3, -0.25) is 4.79 Å². The van der Waals surface area contributed by atoms with Crippen molar-refractivity contribution in [3.8, 4) is 0 Å². The maximum Gasteiger partial charge on any atom is 0.224 e. The topological polar surface area (TPSA) is 23.6 Å². The molecule has 0 heterocycles. The van der Waals surface area contributed by atoms with Crippen molar-refractivity contribution >= 4 is 58.6 Å². The number of amides is 1. The van der Waals surface area contributed by atoms with E-state index in [1.165, 1.54) is 0 Å². The molecular weight excluding hydrogens is 450 g/mol. The summed E-state index contributed by atoms with van der Waals surface area (Å²) < 4.78 is 0.725. The van der Waals surface area contributed by atoms with Gasteiger partial charge in [-0.05, 0) is 35.3 Å². The van der Waals surface area contributed by atoms with E-state index in [-0.39, 0.29) is 5.91 Å². The molecule has 0 bridgehead atoms. The van der Waals surface area contributed by atoms with Crippen LogP contribution in [0.1, 0.15) is 6.42 Å². The van der Waals surface area contributed by atoms with Crippen LogP contribution in [0.2, 0.25) is 0 Å². The van der Waals surface area contributed by atoms with Gasteiger partial charge in [-0.1, -0.05) is 37.6 Å². The number of nitrogens with zero attached hydrogens (tertiary/aromatic N) is 2. The minimum Gasteiger partial charge on any atom is -0.330 e. The summed E-state index contributed by atoms with van der Waals surface area (Å²) in [5.74, 6) is 0.213. The summed E-state index contributed by atoms with van der Waals surface area (Å²) in [5.41, 5.74) is 0. The Labute approximate surface area is 128 Å². The molecule has 0 aliphatic heterocycles. The minimum atomic E-state index is 0.213. The van der Waals surface area contributed by atoms with Crippen molar-refractivity contribution < 1.29 is 4.79 Å². The average Bonchev–Trinajstić information content (AvgIpc) is 2.23. The number of hydrogen-bond acceptors (Lipinski definition) is 3. The zero-order valence-corrected chi connectivity index (χ0v) is 14.8. The normalized spacial score (nSPS) is 12.6. The molecule has 1 unspecified atom stereocenters. The Bertz CT molecular complexity index is 227. The molecule has 0 spiro atoms. The van der Waals surface area contributed by atoms with Crippen LogP contribution in [-0.4, -0.2) is 52.7 Å². The second kappa shape index (κ2) is 9.95. The summed E-state index contributed by atoms with van der Waals surface area (Å²) in [4.78, 5) is 15.9. The van der Waals surface area contributed by atoms with Crippen LogP contribution in [0.5, 0.6) is 0 Å². The molecule has 0 aromatic rings. The van der Waals surface area contributed by atoms with Gasteiger partial charge in [0.25, 0.3) is 0 Å². The van der Waals surface area contributed by atoms with E-state index in [1.54, 1.807) is 15.0 Å². The van der Waals surface area contributed by atoms with Gasteiger partial charge in [0.05, 0.1) is 4.55 Å². The molecule has 0 aliphatic carbocycles. The number of carbonyl (C=O) groups is 1. The van der Waals surface area contributed by atoms with Crippen molar-refractivity contribution in [1.29, 1.82) is 0 Å². The third kappa shape index (κ3) is 7.33. The first kappa shape index (κ1) is 17.0. The molecular formula is C10H18I2N2OS. The molecule has 0 rings (SSSR count). The molecule has 6 heteroatoms. The van der Waals surface area contributed by atoms with E-state index >= 15 is 0 Å². The van der Waals surface area contributed by atoms with Crippen LogP contribution in [0.4, 0.5) is 0 Å². The number of halogens is 2. The fourth-order valence-corrected chi connectivity index (χ4v) is 3.47. The second-order valence-corrected chi connectivity index (χ2v) is 6.75. The van der Waals surface area contributed by atoms with Gasteiger partial charge in [0.2, 0.25) is 5.91 Å². The molecule has 0 aromatic carbocycles. The number of carbonyl (C=O) groups excluding carboxylic acids is 1. The Kier molecular flexibility index (Phi) is 10.6. The fourth-order valence-electron chi connectivity index (χ4n) is 1.23. The summed E-state index contributed by atoms with van der Waals surface area (Å²) in [7, 11) is 5.79. The zero-order valence-electron chi connectivity index (χ0n) is 9.66. The molecule has 94 valence electrons. The van der Waals surface area contributed by atoms with Crippen molar-refractivity contribution in [3.05, 3.63) is 12.7 Å². The lowest BCUT2D eigenvalue weighted by Crippen LogP contribution is -2.34. The number of alkyl halides is 1. The van der Waals surface area contributed by atoms with Crippen molar-refractivity contribution in [2.45, 2.75) is 11.7 Å². The van der Waals surface area contributed by atoms with Crippen molar-refractivity contribution in [3.63, 3.8) is 0 Å². The Balaban J connectivity index is 4.21. The summed E-state index contributed by atoms with van der Waals surface area (Å²) in [6.07, 6.45) is 2.37. The Morgan fingerprint density at radius 3 is 2.56 bits per heavy atom. The van der Waals surface area contributed by atoms with Crippen LogP contribution in [0.3, 0.4) is 0 Å². The first-order valence-electron chi connectivity index (χ1n) is 4.91. The highest BCUT2D eigenvalue weighted by Gasteiger charge is 2.18. The molecule has 1 amide bonds. The Morgan fingerprint density at radius 2 is 2.19 bits per heavy atom. The summed E-state index contributed by atoms with van der Waals surface area (Å²) in [5, 5.41) is 0.360. The molecule has 0 aliphatic rings. The lowest BCUT2D eigenvalue weighted by atomic mass is 10.2. The maximum absolute atomic E-state index is 12.0. The standard InChI is InChI=1S/C10H18I2N2OS/c1-4-5-14(8-11)10(15)6-9(16-12)7-13(2)3/h4,9H,1,5-8H2,2-3H3. The van der Waals surface area contributed by atoms with Gasteiger partial charge in [-0.15, -0.1) is 6.58 Å². The van der Waals surface area contributed by atoms with Crippen molar-refractivity contribution in [2.24, 2.45) is 0 Å². The predicted molar refractivity (Wildman–Crippen MR) is 89.4 cm³/mol. The summed E-state index contributed by atoms with van der Waals surface area (Å²) in [6, 6.07) is 0. The first-order chi connectivity index (χ1) is 7.54. The molecule has 0 N–H and O–H groups in total. The van der Waals surface area contributed by atoms with Crippen molar-refractivity contribution in [2.75, 3.05) is 31.7 Å². The number of rotatable bonds is 8. The van der Waals surface area contributed by atoms with Crippen LogP contribution in [0.25, 0.3) is 0 Å². The van der Waals surface area contributed by atoms with Crippen LogP contribution in [-0.2, 0) is 4.79 Å². The quantitative estimate of drug-likeness (QED) is 0.237. The minimum absolute atomic E-state index is 0.213. The van der Waals surface area contributed by atoms with E-state index in [2.05, 4.69) is 55.3 Å². The van der Waals surface area contributed by atoms with Gasteiger partial charge in [-0.2, -0.15) is 0 Å². The smallest absolute Gasteiger partial charge is 0.224 e. The molecule has 0 radical (unpaired) electrons. The SMILES string of the molecule is C=CCN(CI)C(=O)CC(CN(C)C)SI. The van der Waals surface area contributed by atoms with Gasteiger partial charge in [0, 0.05) is 24.8 Å².